The molecular formula is C25H32N4O5. The van der Waals surface area contributed by atoms with Crippen molar-refractivity contribution < 1.29 is 24.3 Å². The number of nitrogens with two attached hydrogens (primary N) is 1. The summed E-state index contributed by atoms with van der Waals surface area (Å²) in [6.45, 7) is 1.82. The van der Waals surface area contributed by atoms with Crippen molar-refractivity contribution >= 4 is 29.4 Å². The van der Waals surface area contributed by atoms with Crippen molar-refractivity contribution in [3.8, 4) is 0 Å². The van der Waals surface area contributed by atoms with E-state index in [1.807, 2.05) is 30.3 Å². The van der Waals surface area contributed by atoms with Gasteiger partial charge in [-0.15, -0.1) is 0 Å². The van der Waals surface area contributed by atoms with E-state index in [1.165, 1.54) is 6.92 Å². The molecule has 2 aromatic rings. The second kappa shape index (κ2) is 13.7. The summed E-state index contributed by atoms with van der Waals surface area (Å²) in [6, 6.07) is 14.1. The topological polar surface area (TPSA) is 151 Å². The summed E-state index contributed by atoms with van der Waals surface area (Å²) in [7, 11) is 0. The molecule has 0 spiro atoms. The van der Waals surface area contributed by atoms with E-state index in [4.69, 9.17) is 10.8 Å². The molecule has 0 fully saturated rings. The van der Waals surface area contributed by atoms with Crippen LogP contribution in [0, 0.1) is 0 Å². The minimum Gasteiger partial charge on any atom is -0.481 e. The molecule has 182 valence electrons. The zero-order chi connectivity index (χ0) is 24.9. The minimum absolute atomic E-state index is 0.115. The van der Waals surface area contributed by atoms with Crippen LogP contribution in [-0.2, 0) is 32.0 Å². The molecule has 6 N–H and O–H groups in total. The SMILES string of the molecule is CC(=O)N[C@@H](CCCCN)C(=O)N[C@@H](Cc1ccccc1)C(=O)Nc1ccc(CC(=O)O)cc1. The number of amides is 3. The van der Waals surface area contributed by atoms with Crippen molar-refractivity contribution in [1.82, 2.24) is 10.6 Å². The van der Waals surface area contributed by atoms with Gasteiger partial charge in [0.15, 0.2) is 0 Å². The van der Waals surface area contributed by atoms with Crippen LogP contribution in [0.4, 0.5) is 5.69 Å². The average Bonchev–Trinajstić information content (AvgIpc) is 2.79. The molecule has 0 bridgehead atoms. The molecule has 0 unspecified atom stereocenters. The fraction of sp³-hybridized carbons (Fsp3) is 0.360. The van der Waals surface area contributed by atoms with E-state index < -0.39 is 29.9 Å². The van der Waals surface area contributed by atoms with Crippen LogP contribution in [0.15, 0.2) is 54.6 Å². The third-order valence-corrected chi connectivity index (χ3v) is 5.13. The summed E-state index contributed by atoms with van der Waals surface area (Å²) in [5.74, 6) is -2.15. The van der Waals surface area contributed by atoms with E-state index >= 15 is 0 Å². The number of carboxylic acids is 1. The van der Waals surface area contributed by atoms with E-state index in [0.29, 0.717) is 30.6 Å². The molecule has 9 nitrogen and oxygen atoms in total. The lowest BCUT2D eigenvalue weighted by molar-refractivity contribution is -0.136. The number of benzene rings is 2. The first-order chi connectivity index (χ1) is 16.3. The van der Waals surface area contributed by atoms with Gasteiger partial charge < -0.3 is 26.8 Å². The molecule has 0 radical (unpaired) electrons. The number of carboxylic acid groups (broad SMARTS) is 1. The fourth-order valence-corrected chi connectivity index (χ4v) is 3.45. The largest absolute Gasteiger partial charge is 0.481 e. The second-order valence-electron chi connectivity index (χ2n) is 8.05. The normalized spacial score (nSPS) is 12.3. The molecule has 0 aromatic heterocycles. The summed E-state index contributed by atoms with van der Waals surface area (Å²) >= 11 is 0. The predicted molar refractivity (Wildman–Crippen MR) is 129 cm³/mol. The first-order valence-electron chi connectivity index (χ1n) is 11.2. The van der Waals surface area contributed by atoms with E-state index in [0.717, 1.165) is 12.0 Å². The van der Waals surface area contributed by atoms with Crippen LogP contribution in [0.2, 0.25) is 0 Å². The quantitative estimate of drug-likeness (QED) is 0.282. The highest BCUT2D eigenvalue weighted by molar-refractivity contribution is 5.98. The fourth-order valence-electron chi connectivity index (χ4n) is 3.45. The van der Waals surface area contributed by atoms with Crippen LogP contribution in [0.25, 0.3) is 0 Å². The maximum Gasteiger partial charge on any atom is 0.307 e. The highest BCUT2D eigenvalue weighted by atomic mass is 16.4. The standard InChI is InChI=1S/C25H32N4O5/c1-17(30)27-21(9-5-6-14-26)24(33)29-22(15-18-7-3-2-4-8-18)25(34)28-20-12-10-19(11-13-20)16-23(31)32/h2-4,7-8,10-13,21-22H,5-6,9,14-16,26H2,1H3,(H,27,30)(H,28,34)(H,29,33)(H,31,32)/t21-,22-/m0/s1. The lowest BCUT2D eigenvalue weighted by Crippen LogP contribution is -2.53. The highest BCUT2D eigenvalue weighted by Crippen LogP contribution is 2.12. The second-order valence-corrected chi connectivity index (χ2v) is 8.05. The Labute approximate surface area is 199 Å². The molecule has 34 heavy (non-hydrogen) atoms. The number of aliphatic carboxylic acids is 1. The lowest BCUT2D eigenvalue weighted by atomic mass is 10.0. The number of carbonyl (C=O) groups excluding carboxylic acids is 3. The number of hydrogen-bond donors (Lipinski definition) is 5. The molecule has 0 aliphatic heterocycles. The lowest BCUT2D eigenvalue weighted by Gasteiger charge is -2.23. The van der Waals surface area contributed by atoms with Gasteiger partial charge in [-0.3, -0.25) is 19.2 Å². The molecule has 3 amide bonds. The number of unbranched alkanes of at least 4 members (excludes halogenated alkanes) is 1. The summed E-state index contributed by atoms with van der Waals surface area (Å²) in [6.07, 6.45) is 1.93. The number of nitrogens with one attached hydrogen (secondary N) is 3. The van der Waals surface area contributed by atoms with Gasteiger partial charge in [-0.2, -0.15) is 0 Å². The minimum atomic E-state index is -0.942. The molecular weight excluding hydrogens is 436 g/mol. The Morgan fingerprint density at radius 1 is 0.853 bits per heavy atom. The van der Waals surface area contributed by atoms with Crippen LogP contribution in [-0.4, -0.2) is 47.4 Å². The van der Waals surface area contributed by atoms with Crippen molar-refractivity contribution in [2.24, 2.45) is 5.73 Å². The zero-order valence-corrected chi connectivity index (χ0v) is 19.3. The highest BCUT2D eigenvalue weighted by Gasteiger charge is 2.26. The number of rotatable bonds is 13. The van der Waals surface area contributed by atoms with Crippen LogP contribution in [0.1, 0.15) is 37.3 Å². The Morgan fingerprint density at radius 3 is 2.12 bits per heavy atom. The Kier molecular flexibility index (Phi) is 10.7. The van der Waals surface area contributed by atoms with Crippen molar-refractivity contribution in [3.05, 3.63) is 65.7 Å². The zero-order valence-electron chi connectivity index (χ0n) is 19.3. The van der Waals surface area contributed by atoms with E-state index in [9.17, 15) is 19.2 Å². The molecule has 0 saturated carbocycles. The van der Waals surface area contributed by atoms with Gasteiger partial charge in [-0.05, 0) is 49.1 Å². The Balaban J connectivity index is 2.15. The molecule has 2 rings (SSSR count). The first-order valence-corrected chi connectivity index (χ1v) is 11.2. The Bertz CT molecular complexity index is 963. The number of anilines is 1. The summed E-state index contributed by atoms with van der Waals surface area (Å²) in [5.41, 5.74) is 7.48. The maximum absolute atomic E-state index is 13.1. The monoisotopic (exact) mass is 468 g/mol. The molecule has 0 saturated heterocycles. The van der Waals surface area contributed by atoms with Crippen molar-refractivity contribution in [1.29, 1.82) is 0 Å². The van der Waals surface area contributed by atoms with Crippen molar-refractivity contribution in [2.45, 2.75) is 51.1 Å². The van der Waals surface area contributed by atoms with Crippen LogP contribution < -0.4 is 21.7 Å². The molecule has 2 aromatic carbocycles. The van der Waals surface area contributed by atoms with Gasteiger partial charge in [0, 0.05) is 19.0 Å². The first kappa shape index (κ1) is 26.5. The molecule has 2 atom stereocenters. The maximum atomic E-state index is 13.1. The van der Waals surface area contributed by atoms with Crippen LogP contribution >= 0.6 is 0 Å². The van der Waals surface area contributed by atoms with Crippen LogP contribution in [0.5, 0.6) is 0 Å². The van der Waals surface area contributed by atoms with Gasteiger partial charge in [0.2, 0.25) is 17.7 Å². The average molecular weight is 469 g/mol. The van der Waals surface area contributed by atoms with Gasteiger partial charge in [-0.25, -0.2) is 0 Å². The molecule has 0 heterocycles. The third kappa shape index (κ3) is 9.41. The Morgan fingerprint density at radius 2 is 1.53 bits per heavy atom. The van der Waals surface area contributed by atoms with Gasteiger partial charge in [0.25, 0.3) is 0 Å². The summed E-state index contributed by atoms with van der Waals surface area (Å²) < 4.78 is 0. The van der Waals surface area contributed by atoms with E-state index in [1.54, 1.807) is 24.3 Å². The van der Waals surface area contributed by atoms with Crippen molar-refractivity contribution in [2.75, 3.05) is 11.9 Å². The van der Waals surface area contributed by atoms with Crippen LogP contribution in [0.3, 0.4) is 0 Å². The van der Waals surface area contributed by atoms with Gasteiger partial charge in [0.1, 0.15) is 12.1 Å². The van der Waals surface area contributed by atoms with Crippen molar-refractivity contribution in [3.63, 3.8) is 0 Å². The summed E-state index contributed by atoms with van der Waals surface area (Å²) in [4.78, 5) is 48.5. The third-order valence-electron chi connectivity index (χ3n) is 5.13. The molecule has 0 aliphatic rings. The van der Waals surface area contributed by atoms with E-state index in [-0.39, 0.29) is 18.7 Å². The number of hydrogen-bond acceptors (Lipinski definition) is 5. The smallest absolute Gasteiger partial charge is 0.307 e. The number of carbonyl (C=O) groups is 4. The summed E-state index contributed by atoms with van der Waals surface area (Å²) in [5, 5.41) is 17.1. The van der Waals surface area contributed by atoms with Gasteiger partial charge in [-0.1, -0.05) is 42.5 Å². The molecule has 0 aliphatic carbocycles. The predicted octanol–water partition coefficient (Wildman–Crippen LogP) is 1.61. The van der Waals surface area contributed by atoms with Gasteiger partial charge in [0.05, 0.1) is 6.42 Å². The van der Waals surface area contributed by atoms with Gasteiger partial charge >= 0.3 is 5.97 Å². The molecule has 9 heteroatoms. The Hall–Kier alpha value is -3.72. The van der Waals surface area contributed by atoms with E-state index in [2.05, 4.69) is 16.0 Å².